The highest BCUT2D eigenvalue weighted by molar-refractivity contribution is 5.37. The molecule has 1 aromatic heterocycles. The number of hydrogen-bond acceptors (Lipinski definition) is 7. The molecular formula is C14H26N6O. The van der Waals surface area contributed by atoms with Crippen LogP contribution >= 0.6 is 0 Å². The van der Waals surface area contributed by atoms with Gasteiger partial charge >= 0.3 is 6.01 Å². The summed E-state index contributed by atoms with van der Waals surface area (Å²) in [5, 5.41) is 3.19. The van der Waals surface area contributed by atoms with E-state index in [2.05, 4.69) is 44.0 Å². The maximum absolute atomic E-state index is 5.18. The van der Waals surface area contributed by atoms with Gasteiger partial charge in [0.05, 0.1) is 7.11 Å². The Morgan fingerprint density at radius 2 is 2.19 bits per heavy atom. The second-order valence-corrected chi connectivity index (χ2v) is 5.67. The molecule has 0 amide bonds. The molecule has 0 radical (unpaired) electrons. The highest BCUT2D eigenvalue weighted by Gasteiger charge is 2.22. The van der Waals surface area contributed by atoms with Crippen molar-refractivity contribution in [1.82, 2.24) is 19.9 Å². The summed E-state index contributed by atoms with van der Waals surface area (Å²) >= 11 is 0. The summed E-state index contributed by atoms with van der Waals surface area (Å²) in [6, 6.07) is 0.356. The third kappa shape index (κ3) is 4.42. The van der Waals surface area contributed by atoms with Crippen LogP contribution in [0.25, 0.3) is 0 Å². The first kappa shape index (κ1) is 15.8. The molecule has 0 bridgehead atoms. The molecule has 118 valence electrons. The summed E-state index contributed by atoms with van der Waals surface area (Å²) in [6.45, 7) is 6.19. The Morgan fingerprint density at radius 1 is 1.38 bits per heavy atom. The normalized spacial score (nSPS) is 18.8. The lowest BCUT2D eigenvalue weighted by Gasteiger charge is -2.21. The van der Waals surface area contributed by atoms with Gasteiger partial charge in [-0.25, -0.2) is 0 Å². The Balaban J connectivity index is 2.05. The summed E-state index contributed by atoms with van der Waals surface area (Å²) in [4.78, 5) is 17.5. The number of nitrogens with one attached hydrogen (secondary N) is 1. The quantitative estimate of drug-likeness (QED) is 0.807. The number of rotatable bonds is 7. The minimum Gasteiger partial charge on any atom is -0.467 e. The van der Waals surface area contributed by atoms with Crippen molar-refractivity contribution < 1.29 is 4.74 Å². The largest absolute Gasteiger partial charge is 0.467 e. The molecule has 21 heavy (non-hydrogen) atoms. The Hall–Kier alpha value is -1.63. The van der Waals surface area contributed by atoms with Crippen LogP contribution in [0, 0.1) is 5.92 Å². The summed E-state index contributed by atoms with van der Waals surface area (Å²) in [7, 11) is 5.77. The average molecular weight is 294 g/mol. The van der Waals surface area contributed by atoms with E-state index in [0.717, 1.165) is 26.1 Å². The van der Waals surface area contributed by atoms with Gasteiger partial charge in [-0.05, 0) is 32.4 Å². The zero-order chi connectivity index (χ0) is 15.2. The smallest absolute Gasteiger partial charge is 0.322 e. The van der Waals surface area contributed by atoms with Crippen molar-refractivity contribution in [1.29, 1.82) is 0 Å². The maximum atomic E-state index is 5.18. The molecule has 7 heteroatoms. The zero-order valence-electron chi connectivity index (χ0n) is 13.5. The first-order valence-corrected chi connectivity index (χ1v) is 7.56. The van der Waals surface area contributed by atoms with Gasteiger partial charge < -0.3 is 19.9 Å². The van der Waals surface area contributed by atoms with Crippen LogP contribution in [0.1, 0.15) is 19.8 Å². The van der Waals surface area contributed by atoms with Gasteiger partial charge in [0.1, 0.15) is 0 Å². The minimum atomic E-state index is 0.356. The lowest BCUT2D eigenvalue weighted by molar-refractivity contribution is 0.377. The monoisotopic (exact) mass is 294 g/mol. The number of likely N-dealkylation sites (tertiary alicyclic amines) is 1. The van der Waals surface area contributed by atoms with Gasteiger partial charge in [-0.2, -0.15) is 15.0 Å². The lowest BCUT2D eigenvalue weighted by atomic mass is 10.1. The first-order chi connectivity index (χ1) is 10.1. The molecule has 0 spiro atoms. The molecule has 0 aromatic carbocycles. The van der Waals surface area contributed by atoms with E-state index in [4.69, 9.17) is 4.74 Å². The van der Waals surface area contributed by atoms with Crippen molar-refractivity contribution in [2.24, 2.45) is 5.92 Å². The third-order valence-corrected chi connectivity index (χ3v) is 3.68. The predicted molar refractivity (Wildman–Crippen MR) is 84.0 cm³/mol. The molecule has 1 aliphatic rings. The summed E-state index contributed by atoms with van der Waals surface area (Å²) < 4.78 is 5.18. The molecule has 1 N–H and O–H groups in total. The molecule has 2 heterocycles. The second kappa shape index (κ2) is 7.40. The minimum absolute atomic E-state index is 0.356. The molecule has 1 unspecified atom stereocenters. The van der Waals surface area contributed by atoms with Crippen LogP contribution in [0.5, 0.6) is 6.01 Å². The van der Waals surface area contributed by atoms with Crippen molar-refractivity contribution in [3.63, 3.8) is 0 Å². The number of nitrogens with zero attached hydrogens (tertiary/aromatic N) is 5. The van der Waals surface area contributed by atoms with E-state index in [-0.39, 0.29) is 0 Å². The molecule has 0 aliphatic carbocycles. The van der Waals surface area contributed by atoms with Crippen LogP contribution < -0.4 is 15.0 Å². The fourth-order valence-electron chi connectivity index (χ4n) is 2.57. The van der Waals surface area contributed by atoms with E-state index in [9.17, 15) is 0 Å². The van der Waals surface area contributed by atoms with E-state index in [1.165, 1.54) is 13.0 Å². The van der Waals surface area contributed by atoms with Crippen LogP contribution in [-0.4, -0.2) is 67.2 Å². The Labute approximate surface area is 126 Å². The van der Waals surface area contributed by atoms with E-state index in [0.29, 0.717) is 23.8 Å². The fraction of sp³-hybridized carbons (Fsp3) is 0.786. The van der Waals surface area contributed by atoms with Crippen molar-refractivity contribution in [2.45, 2.75) is 19.8 Å². The van der Waals surface area contributed by atoms with Gasteiger partial charge in [-0.3, -0.25) is 0 Å². The van der Waals surface area contributed by atoms with Crippen molar-refractivity contribution in [3.8, 4) is 6.01 Å². The highest BCUT2D eigenvalue weighted by atomic mass is 16.5. The first-order valence-electron chi connectivity index (χ1n) is 7.56. The molecule has 1 atom stereocenters. The average Bonchev–Trinajstić information content (AvgIpc) is 2.89. The molecule has 2 rings (SSSR count). The van der Waals surface area contributed by atoms with E-state index < -0.39 is 0 Å². The van der Waals surface area contributed by atoms with Crippen LogP contribution in [0.15, 0.2) is 0 Å². The van der Waals surface area contributed by atoms with Gasteiger partial charge in [0.15, 0.2) is 0 Å². The maximum Gasteiger partial charge on any atom is 0.322 e. The number of hydrogen-bond donors (Lipinski definition) is 1. The second-order valence-electron chi connectivity index (χ2n) is 5.67. The molecule has 1 aromatic rings. The Bertz CT molecular complexity index is 455. The fourth-order valence-corrected chi connectivity index (χ4v) is 2.57. The third-order valence-electron chi connectivity index (χ3n) is 3.68. The summed E-state index contributed by atoms with van der Waals surface area (Å²) in [6.07, 6.45) is 2.25. The topological polar surface area (TPSA) is 66.4 Å². The number of anilines is 2. The lowest BCUT2D eigenvalue weighted by Crippen LogP contribution is -2.29. The van der Waals surface area contributed by atoms with Crippen molar-refractivity contribution in [3.05, 3.63) is 0 Å². The molecule has 1 aliphatic heterocycles. The molecule has 0 saturated carbocycles. The summed E-state index contributed by atoms with van der Waals surface area (Å²) in [5.41, 5.74) is 0. The standard InChI is InChI=1S/C14H26N6O/c1-5-7-15-12-16-13(18-14(17-12)21-4)20(3)10-11-6-8-19(2)9-11/h11H,5-10H2,1-4H3,(H,15,16,17,18). The van der Waals surface area contributed by atoms with Crippen molar-refractivity contribution >= 4 is 11.9 Å². The number of methoxy groups -OCH3 is 1. The van der Waals surface area contributed by atoms with Crippen molar-refractivity contribution in [2.75, 3.05) is 57.6 Å². The predicted octanol–water partition coefficient (Wildman–Crippen LogP) is 1.09. The van der Waals surface area contributed by atoms with E-state index >= 15 is 0 Å². The van der Waals surface area contributed by atoms with Gasteiger partial charge in [0.2, 0.25) is 11.9 Å². The van der Waals surface area contributed by atoms with E-state index in [1.807, 2.05) is 7.05 Å². The van der Waals surface area contributed by atoms with Crippen LogP contribution in [0.4, 0.5) is 11.9 Å². The van der Waals surface area contributed by atoms with Crippen LogP contribution in [0.3, 0.4) is 0 Å². The van der Waals surface area contributed by atoms with Gasteiger partial charge in [-0.1, -0.05) is 6.92 Å². The van der Waals surface area contributed by atoms with E-state index in [1.54, 1.807) is 7.11 Å². The Kier molecular flexibility index (Phi) is 5.55. The Morgan fingerprint density at radius 3 is 2.81 bits per heavy atom. The molecule has 7 nitrogen and oxygen atoms in total. The number of ether oxygens (including phenoxy) is 1. The molecule has 1 fully saturated rings. The SMILES string of the molecule is CCCNc1nc(OC)nc(N(C)CC2CCN(C)C2)n1. The van der Waals surface area contributed by atoms with Gasteiger partial charge in [-0.15, -0.1) is 0 Å². The van der Waals surface area contributed by atoms with Gasteiger partial charge in [0, 0.05) is 26.7 Å². The van der Waals surface area contributed by atoms with Gasteiger partial charge in [0.25, 0.3) is 0 Å². The molecular weight excluding hydrogens is 268 g/mol. The zero-order valence-corrected chi connectivity index (χ0v) is 13.5. The van der Waals surface area contributed by atoms with Crippen LogP contribution in [0.2, 0.25) is 0 Å². The summed E-state index contributed by atoms with van der Waals surface area (Å²) in [5.74, 6) is 1.90. The molecule has 1 saturated heterocycles. The highest BCUT2D eigenvalue weighted by Crippen LogP contribution is 2.19. The number of aromatic nitrogens is 3. The van der Waals surface area contributed by atoms with Crippen LogP contribution in [-0.2, 0) is 0 Å².